The van der Waals surface area contributed by atoms with Gasteiger partial charge in [0.25, 0.3) is 0 Å². The van der Waals surface area contributed by atoms with Crippen LogP contribution in [0.2, 0.25) is 20.1 Å². The Hall–Kier alpha value is -0.180. The van der Waals surface area contributed by atoms with Gasteiger partial charge >= 0.3 is 0 Å². The van der Waals surface area contributed by atoms with Crippen molar-refractivity contribution < 1.29 is 0 Å². The molecule has 0 saturated carbocycles. The quantitative estimate of drug-likeness (QED) is 0.406. The topological polar surface area (TPSA) is 0 Å². The van der Waals surface area contributed by atoms with E-state index in [2.05, 4.69) is 0 Å². The summed E-state index contributed by atoms with van der Waals surface area (Å²) < 4.78 is 2.06. The largest absolute Gasteiger partial charge is 0.134 e. The van der Waals surface area contributed by atoms with Crippen LogP contribution in [0.1, 0.15) is 0 Å². The Bertz CT molecular complexity index is 745. The van der Waals surface area contributed by atoms with Crippen LogP contribution in [-0.4, -0.2) is 0 Å². The van der Waals surface area contributed by atoms with E-state index in [1.165, 1.54) is 0 Å². The monoisotopic (exact) mass is 320 g/mol. The van der Waals surface area contributed by atoms with Gasteiger partial charge in [-0.1, -0.05) is 46.4 Å². The summed E-state index contributed by atoms with van der Waals surface area (Å²) >= 11 is 25.9. The van der Waals surface area contributed by atoms with Gasteiger partial charge < -0.3 is 0 Å². The number of rotatable bonds is 0. The van der Waals surface area contributed by atoms with Crippen molar-refractivity contribution in [1.29, 1.82) is 0 Å². The summed E-state index contributed by atoms with van der Waals surface area (Å²) in [7, 11) is 0. The highest BCUT2D eigenvalue weighted by Gasteiger charge is 2.14. The first kappa shape index (κ1) is 11.9. The van der Waals surface area contributed by atoms with Crippen LogP contribution >= 0.6 is 57.7 Å². The standard InChI is InChI=1S/C12H4Cl4S/c13-5-1-2-9-6(3-5)7-4-8(14)10(15)11(16)12(7)17-9/h1-4H. The van der Waals surface area contributed by atoms with Crippen molar-refractivity contribution in [3.05, 3.63) is 44.4 Å². The van der Waals surface area contributed by atoms with Gasteiger partial charge in [0.2, 0.25) is 0 Å². The molecular formula is C12H4Cl4S. The minimum atomic E-state index is 0.401. The van der Waals surface area contributed by atoms with Crippen LogP contribution in [0.15, 0.2) is 24.3 Å². The number of hydrogen-bond acceptors (Lipinski definition) is 1. The highest BCUT2D eigenvalue weighted by atomic mass is 35.5. The molecule has 0 bridgehead atoms. The van der Waals surface area contributed by atoms with E-state index in [0.29, 0.717) is 20.1 Å². The maximum atomic E-state index is 6.20. The zero-order valence-corrected chi connectivity index (χ0v) is 12.1. The van der Waals surface area contributed by atoms with Gasteiger partial charge in [0.1, 0.15) is 0 Å². The fourth-order valence-corrected chi connectivity index (χ4v) is 3.84. The molecule has 5 heteroatoms. The summed E-state index contributed by atoms with van der Waals surface area (Å²) in [5, 5.41) is 4.11. The molecule has 17 heavy (non-hydrogen) atoms. The minimum Gasteiger partial charge on any atom is -0.134 e. The molecule has 86 valence electrons. The number of benzene rings is 2. The lowest BCUT2D eigenvalue weighted by atomic mass is 10.1. The van der Waals surface area contributed by atoms with Crippen molar-refractivity contribution in [2.24, 2.45) is 0 Å². The van der Waals surface area contributed by atoms with Gasteiger partial charge in [-0.3, -0.25) is 0 Å². The zero-order valence-electron chi connectivity index (χ0n) is 8.23. The molecule has 0 aliphatic rings. The predicted octanol–water partition coefficient (Wildman–Crippen LogP) is 6.67. The Morgan fingerprint density at radius 1 is 0.824 bits per heavy atom. The van der Waals surface area contributed by atoms with E-state index in [0.717, 1.165) is 20.2 Å². The van der Waals surface area contributed by atoms with Gasteiger partial charge in [0.05, 0.1) is 19.8 Å². The van der Waals surface area contributed by atoms with E-state index in [-0.39, 0.29) is 0 Å². The van der Waals surface area contributed by atoms with Crippen LogP contribution in [-0.2, 0) is 0 Å². The molecule has 0 N–H and O–H groups in total. The van der Waals surface area contributed by atoms with Gasteiger partial charge in [-0.05, 0) is 24.3 Å². The molecule has 0 fully saturated rings. The smallest absolute Gasteiger partial charge is 0.0793 e. The van der Waals surface area contributed by atoms with Crippen LogP contribution in [0.25, 0.3) is 20.2 Å². The molecule has 3 rings (SSSR count). The molecular weight excluding hydrogens is 318 g/mol. The molecule has 2 aromatic carbocycles. The molecule has 1 heterocycles. The maximum Gasteiger partial charge on any atom is 0.0793 e. The van der Waals surface area contributed by atoms with Gasteiger partial charge in [-0.25, -0.2) is 0 Å². The normalized spacial score (nSPS) is 11.5. The SMILES string of the molecule is Clc1ccc2sc3c(Cl)c(Cl)c(Cl)cc3c2c1. The summed E-state index contributed by atoms with van der Waals surface area (Å²) in [4.78, 5) is 0. The van der Waals surface area contributed by atoms with E-state index in [1.807, 2.05) is 24.3 Å². The Morgan fingerprint density at radius 2 is 1.59 bits per heavy atom. The van der Waals surface area contributed by atoms with E-state index in [1.54, 1.807) is 11.3 Å². The van der Waals surface area contributed by atoms with Gasteiger partial charge in [-0.2, -0.15) is 0 Å². The minimum absolute atomic E-state index is 0.401. The van der Waals surface area contributed by atoms with Crippen LogP contribution in [0.4, 0.5) is 0 Å². The van der Waals surface area contributed by atoms with Gasteiger partial charge in [0, 0.05) is 20.5 Å². The van der Waals surface area contributed by atoms with Gasteiger partial charge in [-0.15, -0.1) is 11.3 Å². The lowest BCUT2D eigenvalue weighted by Crippen LogP contribution is -1.73. The van der Waals surface area contributed by atoms with Crippen molar-refractivity contribution in [3.63, 3.8) is 0 Å². The number of halogens is 4. The van der Waals surface area contributed by atoms with Gasteiger partial charge in [0.15, 0.2) is 0 Å². The fourth-order valence-electron chi connectivity index (χ4n) is 1.79. The van der Waals surface area contributed by atoms with E-state index >= 15 is 0 Å². The fraction of sp³-hybridized carbons (Fsp3) is 0. The highest BCUT2D eigenvalue weighted by Crippen LogP contribution is 2.44. The second-order valence-corrected chi connectivity index (χ2v) is 6.26. The summed E-state index contributed by atoms with van der Waals surface area (Å²) in [6, 6.07) is 7.58. The molecule has 0 saturated heterocycles. The third kappa shape index (κ3) is 1.81. The van der Waals surface area contributed by atoms with Crippen LogP contribution < -0.4 is 0 Å². The number of fused-ring (bicyclic) bond motifs is 3. The third-order valence-corrected chi connectivity index (χ3v) is 5.37. The van der Waals surface area contributed by atoms with E-state index in [4.69, 9.17) is 46.4 Å². The number of thiophene rings is 1. The van der Waals surface area contributed by atoms with Crippen LogP contribution in [0.5, 0.6) is 0 Å². The molecule has 3 aromatic rings. The summed E-state index contributed by atoms with van der Waals surface area (Å²) in [5.41, 5.74) is 0. The van der Waals surface area contributed by atoms with Crippen LogP contribution in [0.3, 0.4) is 0 Å². The molecule has 0 amide bonds. The third-order valence-electron chi connectivity index (χ3n) is 2.56. The highest BCUT2D eigenvalue weighted by molar-refractivity contribution is 7.26. The average Bonchev–Trinajstić information content (AvgIpc) is 2.65. The average molecular weight is 322 g/mol. The Morgan fingerprint density at radius 3 is 2.35 bits per heavy atom. The van der Waals surface area contributed by atoms with Crippen molar-refractivity contribution in [3.8, 4) is 0 Å². The Labute approximate surface area is 122 Å². The maximum absolute atomic E-state index is 6.20. The summed E-state index contributed by atoms with van der Waals surface area (Å²) in [6.45, 7) is 0. The molecule has 0 radical (unpaired) electrons. The lowest BCUT2D eigenvalue weighted by Gasteiger charge is -2.00. The molecule has 0 aliphatic carbocycles. The van der Waals surface area contributed by atoms with Crippen molar-refractivity contribution in [2.75, 3.05) is 0 Å². The number of hydrogen-bond donors (Lipinski definition) is 0. The second-order valence-electron chi connectivity index (χ2n) is 3.61. The first-order chi connectivity index (χ1) is 8.08. The lowest BCUT2D eigenvalue weighted by molar-refractivity contribution is 1.82. The molecule has 0 spiro atoms. The first-order valence-corrected chi connectivity index (χ1v) is 7.06. The molecule has 0 atom stereocenters. The summed E-state index contributed by atoms with van der Waals surface area (Å²) in [5.74, 6) is 0. The Kier molecular flexibility index (Phi) is 2.92. The van der Waals surface area contributed by atoms with Crippen molar-refractivity contribution in [1.82, 2.24) is 0 Å². The molecule has 0 nitrogen and oxygen atoms in total. The molecule has 0 aliphatic heterocycles. The van der Waals surface area contributed by atoms with Crippen molar-refractivity contribution >= 4 is 77.9 Å². The predicted molar refractivity (Wildman–Crippen MR) is 79.4 cm³/mol. The van der Waals surface area contributed by atoms with E-state index < -0.39 is 0 Å². The Balaban J connectivity index is 2.57. The second kappa shape index (κ2) is 4.18. The first-order valence-electron chi connectivity index (χ1n) is 4.73. The van der Waals surface area contributed by atoms with Crippen LogP contribution in [0, 0.1) is 0 Å². The molecule has 1 aromatic heterocycles. The zero-order chi connectivity index (χ0) is 12.2. The summed E-state index contributed by atoms with van der Waals surface area (Å²) in [6.07, 6.45) is 0. The molecule has 0 unspecified atom stereocenters. The van der Waals surface area contributed by atoms with E-state index in [9.17, 15) is 0 Å². The van der Waals surface area contributed by atoms with Crippen molar-refractivity contribution in [2.45, 2.75) is 0 Å².